The predicted molar refractivity (Wildman–Crippen MR) is 136 cm³/mol. The molecule has 1 unspecified atom stereocenters. The lowest BCUT2D eigenvalue weighted by molar-refractivity contribution is -0.132. The lowest BCUT2D eigenvalue weighted by Gasteiger charge is -2.25. The van der Waals surface area contributed by atoms with Crippen molar-refractivity contribution in [2.45, 2.75) is 13.0 Å². The van der Waals surface area contributed by atoms with Crippen LogP contribution < -0.4 is 19.1 Å². The quantitative estimate of drug-likeness (QED) is 0.248. The van der Waals surface area contributed by atoms with Crippen LogP contribution in [0.4, 0.5) is 5.69 Å². The number of pyridine rings is 1. The highest BCUT2D eigenvalue weighted by Gasteiger charge is 2.48. The summed E-state index contributed by atoms with van der Waals surface area (Å²) in [7, 11) is 2.73. The van der Waals surface area contributed by atoms with Crippen molar-refractivity contribution in [1.82, 2.24) is 4.98 Å². The Hall–Kier alpha value is -3.75. The highest BCUT2D eigenvalue weighted by Crippen LogP contribution is 2.47. The number of carbonyl (C=O) groups is 2. The summed E-state index contributed by atoms with van der Waals surface area (Å²) in [5, 5.41) is 11.5. The van der Waals surface area contributed by atoms with Gasteiger partial charge < -0.3 is 19.3 Å². The topological polar surface area (TPSA) is 98.2 Å². The van der Waals surface area contributed by atoms with E-state index in [9.17, 15) is 14.7 Å². The molecular weight excluding hydrogens is 507 g/mol. The molecule has 3 aromatic rings. The molecule has 2 heterocycles. The fourth-order valence-corrected chi connectivity index (χ4v) is 4.76. The van der Waals surface area contributed by atoms with Crippen LogP contribution in [0.1, 0.15) is 24.2 Å². The number of methoxy groups -OCH3 is 2. The molecule has 1 aliphatic heterocycles. The molecule has 186 valence electrons. The molecule has 0 spiro atoms. The molecule has 1 aliphatic rings. The Labute approximate surface area is 217 Å². The fraction of sp³-hybridized carbons (Fsp3) is 0.192. The van der Waals surface area contributed by atoms with E-state index in [-0.39, 0.29) is 32.7 Å². The number of nitrogens with zero attached hydrogens (tertiary/aromatic N) is 2. The number of aliphatic hydroxyl groups excluding tert-OH is 1. The summed E-state index contributed by atoms with van der Waals surface area (Å²) in [4.78, 5) is 32.3. The summed E-state index contributed by atoms with van der Waals surface area (Å²) in [6.45, 7) is 2.34. The molecule has 1 aromatic heterocycles. The number of carbonyl (C=O) groups excluding carboxylic acids is 2. The van der Waals surface area contributed by atoms with Crippen molar-refractivity contribution in [1.29, 1.82) is 0 Å². The molecule has 0 saturated carbocycles. The minimum absolute atomic E-state index is 0.00387. The van der Waals surface area contributed by atoms with Crippen LogP contribution in [-0.4, -0.2) is 42.6 Å². The third kappa shape index (κ3) is 4.34. The van der Waals surface area contributed by atoms with Gasteiger partial charge >= 0.3 is 0 Å². The first-order valence-electron chi connectivity index (χ1n) is 10.9. The van der Waals surface area contributed by atoms with Gasteiger partial charge in [-0.25, -0.2) is 0 Å². The maximum Gasteiger partial charge on any atom is 0.300 e. The molecule has 2 aromatic carbocycles. The monoisotopic (exact) mass is 528 g/mol. The first-order valence-corrected chi connectivity index (χ1v) is 11.6. The van der Waals surface area contributed by atoms with Gasteiger partial charge in [0.2, 0.25) is 0 Å². The molecule has 0 radical (unpaired) electrons. The number of halogens is 2. The number of Topliss-reactive ketones (excluding diaryl/α,β-unsaturated/α-hetero) is 1. The molecule has 0 bridgehead atoms. The molecule has 10 heteroatoms. The van der Waals surface area contributed by atoms with Gasteiger partial charge in [-0.3, -0.25) is 19.5 Å². The van der Waals surface area contributed by atoms with E-state index in [1.165, 1.54) is 31.4 Å². The van der Waals surface area contributed by atoms with Crippen LogP contribution in [-0.2, 0) is 9.59 Å². The van der Waals surface area contributed by atoms with E-state index in [0.29, 0.717) is 23.7 Å². The van der Waals surface area contributed by atoms with E-state index in [0.717, 1.165) is 0 Å². The SMILES string of the molecule is CCOc1ccc(N2C(=O)C(=O)/C(=C(/O)c3cc(Cl)c(OC)c(Cl)c3OC)C2c2ccccn2)cc1. The Morgan fingerprint density at radius 3 is 2.33 bits per heavy atom. The molecule has 1 amide bonds. The summed E-state index contributed by atoms with van der Waals surface area (Å²) in [6.07, 6.45) is 1.54. The van der Waals surface area contributed by atoms with Crippen LogP contribution >= 0.6 is 23.2 Å². The Morgan fingerprint density at radius 1 is 1.06 bits per heavy atom. The van der Waals surface area contributed by atoms with E-state index in [2.05, 4.69) is 4.98 Å². The van der Waals surface area contributed by atoms with Crippen molar-refractivity contribution in [3.63, 3.8) is 0 Å². The number of amides is 1. The van der Waals surface area contributed by atoms with E-state index in [1.807, 2.05) is 6.92 Å². The largest absolute Gasteiger partial charge is 0.507 e. The molecule has 0 aliphatic carbocycles. The lowest BCUT2D eigenvalue weighted by Crippen LogP contribution is -2.29. The zero-order valence-corrected chi connectivity index (χ0v) is 21.1. The first kappa shape index (κ1) is 25.3. The Kier molecular flexibility index (Phi) is 7.37. The molecule has 8 nitrogen and oxygen atoms in total. The average Bonchev–Trinajstić information content (AvgIpc) is 3.15. The number of ketones is 1. The second-order valence-corrected chi connectivity index (χ2v) is 8.42. The number of hydrogen-bond donors (Lipinski definition) is 1. The summed E-state index contributed by atoms with van der Waals surface area (Å²) in [5.74, 6) is -1.46. The minimum Gasteiger partial charge on any atom is -0.507 e. The van der Waals surface area contributed by atoms with Crippen LogP contribution in [0.15, 0.2) is 60.3 Å². The average molecular weight is 529 g/mol. The summed E-state index contributed by atoms with van der Waals surface area (Å²) in [5.41, 5.74) is 0.631. The van der Waals surface area contributed by atoms with Gasteiger partial charge in [0.1, 0.15) is 22.6 Å². The van der Waals surface area contributed by atoms with Gasteiger partial charge in [-0.1, -0.05) is 29.3 Å². The standard InChI is InChI=1S/C26H22Cl2N2O6/c1-4-36-15-10-8-14(9-11-15)30-21(18-7-5-6-12-29-18)19(23(32)26(30)33)22(31)16-13-17(27)25(35-3)20(28)24(16)34-2/h5-13,21,31H,4H2,1-3H3/b22-19+. The maximum absolute atomic E-state index is 13.4. The number of aliphatic hydroxyl groups is 1. The van der Waals surface area contributed by atoms with Gasteiger partial charge in [-0.15, -0.1) is 0 Å². The normalized spacial score (nSPS) is 16.8. The lowest BCUT2D eigenvalue weighted by atomic mass is 9.97. The van der Waals surface area contributed by atoms with Gasteiger partial charge in [-0.05, 0) is 49.4 Å². The van der Waals surface area contributed by atoms with Crippen LogP contribution in [0, 0.1) is 0 Å². The van der Waals surface area contributed by atoms with Crippen LogP contribution in [0.25, 0.3) is 5.76 Å². The van der Waals surface area contributed by atoms with Crippen molar-refractivity contribution < 1.29 is 28.9 Å². The van der Waals surface area contributed by atoms with E-state index >= 15 is 0 Å². The predicted octanol–water partition coefficient (Wildman–Crippen LogP) is 5.43. The van der Waals surface area contributed by atoms with Crippen molar-refractivity contribution in [2.24, 2.45) is 0 Å². The first-order chi connectivity index (χ1) is 17.3. The maximum atomic E-state index is 13.4. The number of hydrogen-bond acceptors (Lipinski definition) is 7. The van der Waals surface area contributed by atoms with E-state index in [1.54, 1.807) is 42.5 Å². The number of benzene rings is 2. The zero-order chi connectivity index (χ0) is 26.0. The second-order valence-electron chi connectivity index (χ2n) is 7.64. The fourth-order valence-electron chi connectivity index (χ4n) is 4.08. The summed E-state index contributed by atoms with van der Waals surface area (Å²) < 4.78 is 16.1. The Bertz CT molecular complexity index is 1340. The van der Waals surface area contributed by atoms with Crippen molar-refractivity contribution in [3.8, 4) is 17.2 Å². The van der Waals surface area contributed by atoms with E-state index < -0.39 is 23.5 Å². The van der Waals surface area contributed by atoms with Gasteiger partial charge in [0.15, 0.2) is 11.5 Å². The molecular formula is C26H22Cl2N2O6. The molecule has 1 N–H and O–H groups in total. The summed E-state index contributed by atoms with van der Waals surface area (Å²) >= 11 is 12.7. The summed E-state index contributed by atoms with van der Waals surface area (Å²) in [6, 6.07) is 12.1. The van der Waals surface area contributed by atoms with Crippen molar-refractivity contribution >= 4 is 46.3 Å². The van der Waals surface area contributed by atoms with Crippen molar-refractivity contribution in [2.75, 3.05) is 25.7 Å². The molecule has 1 fully saturated rings. The van der Waals surface area contributed by atoms with Gasteiger partial charge in [0.05, 0.1) is 42.7 Å². The number of aromatic nitrogens is 1. The molecule has 1 atom stereocenters. The Balaban J connectivity index is 1.95. The minimum atomic E-state index is -1.03. The van der Waals surface area contributed by atoms with Crippen LogP contribution in [0.2, 0.25) is 10.0 Å². The molecule has 4 rings (SSSR count). The second kappa shape index (κ2) is 10.5. The third-order valence-electron chi connectivity index (χ3n) is 5.63. The van der Waals surface area contributed by atoms with Gasteiger partial charge in [0.25, 0.3) is 11.7 Å². The number of anilines is 1. The van der Waals surface area contributed by atoms with Crippen LogP contribution in [0.5, 0.6) is 17.2 Å². The van der Waals surface area contributed by atoms with Gasteiger partial charge in [0, 0.05) is 11.9 Å². The van der Waals surface area contributed by atoms with E-state index in [4.69, 9.17) is 37.4 Å². The molecule has 36 heavy (non-hydrogen) atoms. The van der Waals surface area contributed by atoms with Gasteiger partial charge in [-0.2, -0.15) is 0 Å². The number of ether oxygens (including phenoxy) is 3. The molecule has 1 saturated heterocycles. The highest BCUT2D eigenvalue weighted by molar-refractivity contribution is 6.52. The van der Waals surface area contributed by atoms with Crippen molar-refractivity contribution in [3.05, 3.63) is 81.6 Å². The zero-order valence-electron chi connectivity index (χ0n) is 19.6. The third-order valence-corrected chi connectivity index (χ3v) is 6.26. The smallest absolute Gasteiger partial charge is 0.300 e. The highest BCUT2D eigenvalue weighted by atomic mass is 35.5. The number of rotatable bonds is 7. The van der Waals surface area contributed by atoms with Crippen LogP contribution in [0.3, 0.4) is 0 Å². The Morgan fingerprint density at radius 2 is 1.75 bits per heavy atom.